The van der Waals surface area contributed by atoms with Crippen LogP contribution in [-0.2, 0) is 16.0 Å². The van der Waals surface area contributed by atoms with Crippen LogP contribution in [0.25, 0.3) is 0 Å². The normalized spacial score (nSPS) is 18.3. The summed E-state index contributed by atoms with van der Waals surface area (Å²) in [5, 5.41) is 9.19. The molecule has 0 aliphatic carbocycles. The van der Waals surface area contributed by atoms with Gasteiger partial charge in [-0.05, 0) is 19.3 Å². The molecule has 9 heteroatoms. The minimum absolute atomic E-state index is 0.174. The van der Waals surface area contributed by atoms with Crippen molar-refractivity contribution in [1.29, 1.82) is 0 Å². The molecule has 1 aromatic heterocycles. The summed E-state index contributed by atoms with van der Waals surface area (Å²) < 4.78 is 4.72. The Labute approximate surface area is 122 Å². The summed E-state index contributed by atoms with van der Waals surface area (Å²) in [6, 6.07) is -0.467. The number of rotatable bonds is 4. The third kappa shape index (κ3) is 3.83. The van der Waals surface area contributed by atoms with E-state index in [1.165, 1.54) is 12.0 Å². The number of nitrogens with one attached hydrogen (secondary N) is 2. The molecule has 1 fully saturated rings. The fourth-order valence-electron chi connectivity index (χ4n) is 2.38. The highest BCUT2D eigenvalue weighted by Gasteiger charge is 2.32. The number of H-pyrrole nitrogens is 1. The van der Waals surface area contributed by atoms with Crippen molar-refractivity contribution in [2.45, 2.75) is 31.7 Å². The monoisotopic (exact) mass is 296 g/mol. The van der Waals surface area contributed by atoms with Crippen LogP contribution in [0.3, 0.4) is 0 Å². The lowest BCUT2D eigenvalue weighted by atomic mass is 10.0. The van der Waals surface area contributed by atoms with E-state index in [4.69, 9.17) is 10.5 Å². The molecule has 2 amide bonds. The summed E-state index contributed by atoms with van der Waals surface area (Å²) in [4.78, 5) is 29.3. The Kier molecular flexibility index (Phi) is 4.96. The van der Waals surface area contributed by atoms with Crippen molar-refractivity contribution in [3.8, 4) is 0 Å². The van der Waals surface area contributed by atoms with E-state index in [0.717, 1.165) is 12.8 Å². The second-order valence-electron chi connectivity index (χ2n) is 4.86. The first kappa shape index (κ1) is 15.1. The Morgan fingerprint density at radius 1 is 1.52 bits per heavy atom. The van der Waals surface area contributed by atoms with E-state index in [0.29, 0.717) is 31.8 Å². The molecule has 1 aliphatic heterocycles. The van der Waals surface area contributed by atoms with Gasteiger partial charge in [-0.25, -0.2) is 4.79 Å². The second-order valence-corrected chi connectivity index (χ2v) is 4.86. The van der Waals surface area contributed by atoms with Gasteiger partial charge in [-0.2, -0.15) is 4.98 Å². The number of hydrogen-bond acceptors (Lipinski definition) is 6. The predicted molar refractivity (Wildman–Crippen MR) is 74.3 cm³/mol. The highest BCUT2D eigenvalue weighted by atomic mass is 16.5. The van der Waals surface area contributed by atoms with Crippen LogP contribution < -0.4 is 11.1 Å². The van der Waals surface area contributed by atoms with Crippen LogP contribution in [0.5, 0.6) is 0 Å². The van der Waals surface area contributed by atoms with Gasteiger partial charge in [-0.3, -0.25) is 14.8 Å². The average Bonchev–Trinajstić information content (AvgIpc) is 2.91. The Morgan fingerprint density at radius 2 is 2.33 bits per heavy atom. The number of nitrogens with two attached hydrogens (primary N) is 1. The van der Waals surface area contributed by atoms with Crippen molar-refractivity contribution < 1.29 is 14.3 Å². The molecule has 1 saturated heterocycles. The molecular weight excluding hydrogens is 276 g/mol. The highest BCUT2D eigenvalue weighted by Crippen LogP contribution is 2.18. The van der Waals surface area contributed by atoms with E-state index in [9.17, 15) is 9.59 Å². The molecule has 0 spiro atoms. The van der Waals surface area contributed by atoms with E-state index >= 15 is 0 Å². The SMILES string of the molecule is COC(=O)N1CCCC[C@H]1C(=O)NCCc1nc(N)n[nH]1. The molecule has 4 N–H and O–H groups in total. The summed E-state index contributed by atoms with van der Waals surface area (Å²) in [7, 11) is 1.32. The number of ether oxygens (including phenoxy) is 1. The standard InChI is InChI=1S/C12H20N6O3/c1-21-12(20)18-7-3-2-4-8(18)10(19)14-6-5-9-15-11(13)17-16-9/h8H,2-7H2,1H3,(H,14,19)(H3,13,15,16,17)/t8-/m0/s1. The fourth-order valence-corrected chi connectivity index (χ4v) is 2.38. The zero-order valence-electron chi connectivity index (χ0n) is 12.0. The average molecular weight is 296 g/mol. The van der Waals surface area contributed by atoms with Gasteiger partial charge in [-0.15, -0.1) is 5.10 Å². The maximum atomic E-state index is 12.2. The van der Waals surface area contributed by atoms with Crippen molar-refractivity contribution in [2.75, 3.05) is 25.9 Å². The first-order valence-electron chi connectivity index (χ1n) is 6.91. The van der Waals surface area contributed by atoms with Crippen LogP contribution in [0.2, 0.25) is 0 Å². The van der Waals surface area contributed by atoms with Gasteiger partial charge in [0.15, 0.2) is 0 Å². The molecule has 0 bridgehead atoms. The number of likely N-dealkylation sites (tertiary alicyclic amines) is 1. The number of hydrogen-bond donors (Lipinski definition) is 3. The lowest BCUT2D eigenvalue weighted by molar-refractivity contribution is -0.126. The molecule has 0 aromatic carbocycles. The van der Waals surface area contributed by atoms with Crippen molar-refractivity contribution in [1.82, 2.24) is 25.4 Å². The van der Waals surface area contributed by atoms with E-state index < -0.39 is 12.1 Å². The van der Waals surface area contributed by atoms with E-state index in [1.54, 1.807) is 0 Å². The highest BCUT2D eigenvalue weighted by molar-refractivity contribution is 5.85. The van der Waals surface area contributed by atoms with Gasteiger partial charge in [0, 0.05) is 19.5 Å². The molecule has 0 unspecified atom stereocenters. The smallest absolute Gasteiger partial charge is 0.410 e. The minimum Gasteiger partial charge on any atom is -0.453 e. The quantitative estimate of drug-likeness (QED) is 0.698. The van der Waals surface area contributed by atoms with E-state index in [1.807, 2.05) is 0 Å². The summed E-state index contributed by atoms with van der Waals surface area (Å²) in [5.74, 6) is 0.620. The number of carbonyl (C=O) groups is 2. The topological polar surface area (TPSA) is 126 Å². The van der Waals surface area contributed by atoms with Crippen LogP contribution in [0, 0.1) is 0 Å². The van der Waals surface area contributed by atoms with Gasteiger partial charge in [0.2, 0.25) is 11.9 Å². The number of anilines is 1. The molecular formula is C12H20N6O3. The number of aromatic amines is 1. The zero-order chi connectivity index (χ0) is 15.2. The van der Waals surface area contributed by atoms with Crippen molar-refractivity contribution >= 4 is 17.9 Å². The molecule has 1 aromatic rings. The third-order valence-electron chi connectivity index (χ3n) is 3.42. The van der Waals surface area contributed by atoms with E-state index in [2.05, 4.69) is 20.5 Å². The van der Waals surface area contributed by atoms with Crippen LogP contribution in [0.4, 0.5) is 10.7 Å². The molecule has 1 aliphatic rings. The van der Waals surface area contributed by atoms with Gasteiger partial charge in [0.25, 0.3) is 0 Å². The summed E-state index contributed by atoms with van der Waals surface area (Å²) in [6.45, 7) is 0.947. The number of nitrogen functional groups attached to an aromatic ring is 1. The van der Waals surface area contributed by atoms with Gasteiger partial charge < -0.3 is 15.8 Å². The lowest BCUT2D eigenvalue weighted by Gasteiger charge is -2.33. The second kappa shape index (κ2) is 6.91. The molecule has 0 radical (unpaired) electrons. The Morgan fingerprint density at radius 3 is 3.00 bits per heavy atom. The third-order valence-corrected chi connectivity index (χ3v) is 3.42. The van der Waals surface area contributed by atoms with Crippen molar-refractivity contribution in [3.63, 3.8) is 0 Å². The molecule has 2 rings (SSSR count). The van der Waals surface area contributed by atoms with Crippen molar-refractivity contribution in [3.05, 3.63) is 5.82 Å². The molecule has 0 saturated carbocycles. The van der Waals surface area contributed by atoms with Crippen LogP contribution in [0.1, 0.15) is 25.1 Å². The summed E-state index contributed by atoms with van der Waals surface area (Å²) in [5.41, 5.74) is 5.39. The Balaban J connectivity index is 1.84. The number of nitrogens with zero attached hydrogens (tertiary/aromatic N) is 3. The molecule has 1 atom stereocenters. The predicted octanol–water partition coefficient (Wildman–Crippen LogP) is -0.333. The Hall–Kier alpha value is -2.32. The largest absolute Gasteiger partial charge is 0.453 e. The Bertz CT molecular complexity index is 503. The minimum atomic E-state index is -0.467. The molecule has 9 nitrogen and oxygen atoms in total. The number of aromatic nitrogens is 3. The van der Waals surface area contributed by atoms with E-state index in [-0.39, 0.29) is 11.9 Å². The maximum absolute atomic E-state index is 12.2. The fraction of sp³-hybridized carbons (Fsp3) is 0.667. The zero-order valence-corrected chi connectivity index (χ0v) is 12.0. The first-order valence-corrected chi connectivity index (χ1v) is 6.91. The summed E-state index contributed by atoms with van der Waals surface area (Å²) in [6.07, 6.45) is 2.50. The van der Waals surface area contributed by atoms with Crippen LogP contribution >= 0.6 is 0 Å². The lowest BCUT2D eigenvalue weighted by Crippen LogP contribution is -2.52. The van der Waals surface area contributed by atoms with Crippen LogP contribution in [0.15, 0.2) is 0 Å². The van der Waals surface area contributed by atoms with Gasteiger partial charge in [0.1, 0.15) is 11.9 Å². The molecule has 116 valence electrons. The van der Waals surface area contributed by atoms with Gasteiger partial charge in [-0.1, -0.05) is 0 Å². The van der Waals surface area contributed by atoms with Crippen LogP contribution in [-0.4, -0.2) is 58.3 Å². The van der Waals surface area contributed by atoms with Crippen molar-refractivity contribution in [2.24, 2.45) is 0 Å². The summed E-state index contributed by atoms with van der Waals surface area (Å²) >= 11 is 0. The number of methoxy groups -OCH3 is 1. The molecule has 2 heterocycles. The molecule has 21 heavy (non-hydrogen) atoms. The van der Waals surface area contributed by atoms with Gasteiger partial charge >= 0.3 is 6.09 Å². The van der Waals surface area contributed by atoms with Gasteiger partial charge in [0.05, 0.1) is 7.11 Å². The first-order chi connectivity index (χ1) is 10.1. The number of amides is 2. The maximum Gasteiger partial charge on any atom is 0.410 e. The number of carbonyl (C=O) groups excluding carboxylic acids is 2. The number of piperidine rings is 1.